The van der Waals surface area contributed by atoms with Crippen molar-refractivity contribution in [2.75, 3.05) is 6.61 Å². The number of benzene rings is 2. The number of ether oxygens (including phenoxy) is 2. The minimum atomic E-state index is -0.488. The van der Waals surface area contributed by atoms with Gasteiger partial charge in [-0.2, -0.15) is 0 Å². The van der Waals surface area contributed by atoms with Crippen molar-refractivity contribution in [2.24, 2.45) is 0 Å². The molecule has 122 valence electrons. The zero-order valence-corrected chi connectivity index (χ0v) is 14.7. The number of fused-ring (bicyclic) bond motifs is 1. The Balaban J connectivity index is 2.00. The maximum atomic E-state index is 12.3. The largest absolute Gasteiger partial charge is 0.486 e. The van der Waals surface area contributed by atoms with Gasteiger partial charge in [-0.15, -0.1) is 0 Å². The van der Waals surface area contributed by atoms with E-state index in [1.165, 1.54) is 0 Å². The molecule has 0 aliphatic rings. The van der Waals surface area contributed by atoms with Gasteiger partial charge in [-0.1, -0.05) is 42.5 Å². The van der Waals surface area contributed by atoms with Crippen molar-refractivity contribution >= 4 is 32.8 Å². The average Bonchev–Trinajstić information content (AvgIpc) is 2.60. The van der Waals surface area contributed by atoms with Gasteiger partial charge in [0.1, 0.15) is 6.61 Å². The van der Waals surface area contributed by atoms with Crippen LogP contribution in [0.3, 0.4) is 0 Å². The number of rotatable bonds is 5. The first-order valence-corrected chi connectivity index (χ1v) is 8.41. The summed E-state index contributed by atoms with van der Waals surface area (Å²) in [7, 11) is 0. The maximum Gasteiger partial charge on any atom is 0.360 e. The molecule has 2 aromatic carbocycles. The Morgan fingerprint density at radius 2 is 1.92 bits per heavy atom. The summed E-state index contributed by atoms with van der Waals surface area (Å²) in [5, 5.41) is 0.889. The van der Waals surface area contributed by atoms with Crippen molar-refractivity contribution in [1.29, 1.82) is 0 Å². The summed E-state index contributed by atoms with van der Waals surface area (Å²) in [5.41, 5.74) is 1.90. The second kappa shape index (κ2) is 7.45. The summed E-state index contributed by atoms with van der Waals surface area (Å²) >= 11 is 3.46. The lowest BCUT2D eigenvalue weighted by molar-refractivity contribution is 0.0514. The summed E-state index contributed by atoms with van der Waals surface area (Å²) in [4.78, 5) is 16.7. The van der Waals surface area contributed by atoms with E-state index in [0.29, 0.717) is 17.9 Å². The predicted octanol–water partition coefficient (Wildman–Crippen LogP) is 4.75. The van der Waals surface area contributed by atoms with Gasteiger partial charge in [0.05, 0.1) is 12.1 Å². The highest BCUT2D eigenvalue weighted by Gasteiger charge is 2.18. The van der Waals surface area contributed by atoms with Gasteiger partial charge in [0.15, 0.2) is 11.4 Å². The van der Waals surface area contributed by atoms with Crippen LogP contribution in [0.2, 0.25) is 0 Å². The average molecular weight is 386 g/mol. The third kappa shape index (κ3) is 3.57. The fraction of sp³-hybridized carbons (Fsp3) is 0.158. The van der Waals surface area contributed by atoms with Crippen LogP contribution in [-0.2, 0) is 11.3 Å². The molecule has 0 spiro atoms. The summed E-state index contributed by atoms with van der Waals surface area (Å²) in [6.07, 6.45) is 0. The fourth-order valence-electron chi connectivity index (χ4n) is 2.33. The molecule has 0 atom stereocenters. The summed E-state index contributed by atoms with van der Waals surface area (Å²) in [5.74, 6) is -0.0684. The molecule has 5 heteroatoms. The molecule has 3 rings (SSSR count). The van der Waals surface area contributed by atoms with Gasteiger partial charge in [-0.3, -0.25) is 0 Å². The number of carbonyl (C=O) groups is 1. The number of halogens is 1. The number of hydrogen-bond acceptors (Lipinski definition) is 4. The van der Waals surface area contributed by atoms with Crippen LogP contribution < -0.4 is 4.74 Å². The fourth-order valence-corrected chi connectivity index (χ4v) is 2.80. The van der Waals surface area contributed by atoms with E-state index in [9.17, 15) is 4.79 Å². The Morgan fingerprint density at radius 1 is 1.12 bits per heavy atom. The first-order chi connectivity index (χ1) is 11.7. The molecular formula is C19H16BrNO3. The minimum absolute atomic E-state index is 0.187. The Labute approximate surface area is 148 Å². The number of hydrogen-bond donors (Lipinski definition) is 0. The molecule has 0 saturated heterocycles. The zero-order valence-electron chi connectivity index (χ0n) is 13.2. The molecule has 0 saturated carbocycles. The molecule has 24 heavy (non-hydrogen) atoms. The van der Waals surface area contributed by atoms with Gasteiger partial charge in [0.25, 0.3) is 0 Å². The van der Waals surface area contributed by atoms with E-state index in [4.69, 9.17) is 9.47 Å². The number of pyridine rings is 1. The first-order valence-electron chi connectivity index (χ1n) is 7.62. The predicted molar refractivity (Wildman–Crippen MR) is 96.2 cm³/mol. The topological polar surface area (TPSA) is 48.4 Å². The molecule has 0 fully saturated rings. The Hall–Kier alpha value is -2.40. The molecule has 1 aromatic heterocycles. The zero-order chi connectivity index (χ0) is 16.9. The minimum Gasteiger partial charge on any atom is -0.486 e. The van der Waals surface area contributed by atoms with Gasteiger partial charge in [-0.05, 0) is 40.5 Å². The molecule has 0 aliphatic carbocycles. The van der Waals surface area contributed by atoms with Gasteiger partial charge >= 0.3 is 5.97 Å². The second-order valence-electron chi connectivity index (χ2n) is 5.14. The smallest absolute Gasteiger partial charge is 0.360 e. The van der Waals surface area contributed by atoms with Crippen molar-refractivity contribution in [2.45, 2.75) is 13.5 Å². The van der Waals surface area contributed by atoms with Crippen LogP contribution in [0, 0.1) is 0 Å². The molecular weight excluding hydrogens is 370 g/mol. The van der Waals surface area contributed by atoms with Crippen LogP contribution in [0.15, 0.2) is 59.1 Å². The standard InChI is InChI=1S/C19H16BrNO3/c1-2-23-19(22)18-16(24-12-13-7-4-3-5-8-13)11-14-9-6-10-15(20)17(14)21-18/h3-11H,2,12H2,1H3. The monoisotopic (exact) mass is 385 g/mol. The number of aromatic nitrogens is 1. The number of para-hydroxylation sites is 1. The molecule has 0 amide bonds. The van der Waals surface area contributed by atoms with Crippen LogP contribution in [-0.4, -0.2) is 17.6 Å². The molecule has 0 bridgehead atoms. The number of carbonyl (C=O) groups excluding carboxylic acids is 1. The lowest BCUT2D eigenvalue weighted by atomic mass is 10.2. The van der Waals surface area contributed by atoms with Gasteiger partial charge in [-0.25, -0.2) is 9.78 Å². The molecule has 1 heterocycles. The Morgan fingerprint density at radius 3 is 2.67 bits per heavy atom. The van der Waals surface area contributed by atoms with Gasteiger partial charge in [0, 0.05) is 9.86 Å². The lowest BCUT2D eigenvalue weighted by Crippen LogP contribution is -2.10. The Kier molecular flexibility index (Phi) is 5.11. The number of esters is 1. The molecule has 0 N–H and O–H groups in total. The van der Waals surface area contributed by atoms with E-state index in [2.05, 4.69) is 20.9 Å². The summed E-state index contributed by atoms with van der Waals surface area (Å²) in [6.45, 7) is 2.40. The van der Waals surface area contributed by atoms with Crippen LogP contribution in [0.5, 0.6) is 5.75 Å². The van der Waals surface area contributed by atoms with Crippen molar-refractivity contribution < 1.29 is 14.3 Å². The van der Waals surface area contributed by atoms with E-state index < -0.39 is 5.97 Å². The van der Waals surface area contributed by atoms with Crippen molar-refractivity contribution in [3.8, 4) is 5.75 Å². The molecule has 0 aliphatic heterocycles. The van der Waals surface area contributed by atoms with E-state index in [1.54, 1.807) is 6.92 Å². The highest BCUT2D eigenvalue weighted by atomic mass is 79.9. The summed E-state index contributed by atoms with van der Waals surface area (Å²) < 4.78 is 11.8. The van der Waals surface area contributed by atoms with Gasteiger partial charge < -0.3 is 9.47 Å². The highest BCUT2D eigenvalue weighted by Crippen LogP contribution is 2.29. The van der Waals surface area contributed by atoms with Gasteiger partial charge in [0.2, 0.25) is 0 Å². The summed E-state index contributed by atoms with van der Waals surface area (Å²) in [6, 6.07) is 17.3. The molecule has 0 unspecified atom stereocenters. The lowest BCUT2D eigenvalue weighted by Gasteiger charge is -2.12. The molecule has 3 aromatic rings. The van der Waals surface area contributed by atoms with Crippen LogP contribution in [0.1, 0.15) is 23.0 Å². The number of nitrogens with zero attached hydrogens (tertiary/aromatic N) is 1. The van der Waals surface area contributed by atoms with E-state index in [1.807, 2.05) is 54.6 Å². The van der Waals surface area contributed by atoms with Crippen molar-refractivity contribution in [3.63, 3.8) is 0 Å². The van der Waals surface area contributed by atoms with Crippen LogP contribution in [0.4, 0.5) is 0 Å². The molecule has 0 radical (unpaired) electrons. The van der Waals surface area contributed by atoms with E-state index in [0.717, 1.165) is 15.4 Å². The van der Waals surface area contributed by atoms with E-state index >= 15 is 0 Å². The first kappa shape index (κ1) is 16.5. The SMILES string of the molecule is CCOC(=O)c1nc2c(Br)cccc2cc1OCc1ccccc1. The quantitative estimate of drug-likeness (QED) is 0.594. The van der Waals surface area contributed by atoms with Crippen molar-refractivity contribution in [3.05, 3.63) is 70.3 Å². The Bertz CT molecular complexity index is 865. The maximum absolute atomic E-state index is 12.3. The van der Waals surface area contributed by atoms with Crippen LogP contribution in [0.25, 0.3) is 10.9 Å². The second-order valence-corrected chi connectivity index (χ2v) is 6.00. The third-order valence-electron chi connectivity index (χ3n) is 3.47. The van der Waals surface area contributed by atoms with Crippen molar-refractivity contribution in [1.82, 2.24) is 4.98 Å². The highest BCUT2D eigenvalue weighted by molar-refractivity contribution is 9.10. The van der Waals surface area contributed by atoms with Crippen LogP contribution >= 0.6 is 15.9 Å². The normalized spacial score (nSPS) is 10.6. The van der Waals surface area contributed by atoms with E-state index in [-0.39, 0.29) is 12.3 Å². The third-order valence-corrected chi connectivity index (χ3v) is 4.11. The molecule has 4 nitrogen and oxygen atoms in total.